The van der Waals surface area contributed by atoms with Crippen molar-refractivity contribution in [2.24, 2.45) is 4.99 Å². The Hall–Kier alpha value is -4.24. The van der Waals surface area contributed by atoms with Crippen LogP contribution in [-0.4, -0.2) is 60.0 Å². The summed E-state index contributed by atoms with van der Waals surface area (Å²) in [7, 11) is 2.01. The van der Waals surface area contributed by atoms with Crippen molar-refractivity contribution in [3.05, 3.63) is 72.2 Å². The molecule has 2 aromatic heterocycles. The first kappa shape index (κ1) is 24.5. The Morgan fingerprint density at radius 2 is 2.03 bits per heavy atom. The summed E-state index contributed by atoms with van der Waals surface area (Å²) in [6.07, 6.45) is 7.89. The van der Waals surface area contributed by atoms with Crippen LogP contribution >= 0.6 is 0 Å². The molecule has 37 heavy (non-hydrogen) atoms. The summed E-state index contributed by atoms with van der Waals surface area (Å²) in [5, 5.41) is 3.44. The van der Waals surface area contributed by atoms with Crippen molar-refractivity contribution in [2.45, 2.75) is 19.9 Å². The van der Waals surface area contributed by atoms with E-state index in [0.29, 0.717) is 38.7 Å². The number of ether oxygens (including phenoxy) is 2. The Bertz CT molecular complexity index is 1410. The Labute approximate surface area is 215 Å². The number of aromatic nitrogens is 3. The summed E-state index contributed by atoms with van der Waals surface area (Å²) in [5.74, 6) is 0.462. The van der Waals surface area contributed by atoms with Gasteiger partial charge in [0.2, 0.25) is 0 Å². The van der Waals surface area contributed by atoms with Crippen molar-refractivity contribution in [2.75, 3.05) is 43.6 Å². The highest BCUT2D eigenvalue weighted by Crippen LogP contribution is 2.28. The molecule has 1 aliphatic rings. The predicted octanol–water partition coefficient (Wildman–Crippen LogP) is 4.48. The van der Waals surface area contributed by atoms with E-state index in [1.807, 2.05) is 54.3 Å². The number of hydrogen-bond donors (Lipinski definition) is 1. The summed E-state index contributed by atoms with van der Waals surface area (Å²) >= 11 is 0. The molecule has 0 fully saturated rings. The minimum absolute atomic E-state index is 0.228. The fraction of sp³-hybridized carbons (Fsp3) is 0.286. The number of nitrogens with zero attached hydrogens (tertiary/aromatic N) is 5. The van der Waals surface area contributed by atoms with Crippen molar-refractivity contribution in [3.63, 3.8) is 0 Å². The highest BCUT2D eigenvalue weighted by molar-refractivity contribution is 5.86. The van der Waals surface area contributed by atoms with Crippen LogP contribution in [0.3, 0.4) is 0 Å². The summed E-state index contributed by atoms with van der Waals surface area (Å²) < 4.78 is 12.5. The molecule has 4 aromatic rings. The number of hydrogen-bond acceptors (Lipinski definition) is 8. The zero-order chi connectivity index (χ0) is 25.6. The van der Waals surface area contributed by atoms with Crippen LogP contribution in [0, 0.1) is 0 Å². The van der Waals surface area contributed by atoms with Gasteiger partial charge in [-0.05, 0) is 48.4 Å². The number of nitrogens with one attached hydrogen (secondary N) is 1. The van der Waals surface area contributed by atoms with Gasteiger partial charge in [0.25, 0.3) is 0 Å². The smallest absolute Gasteiger partial charge is 0.308 e. The maximum Gasteiger partial charge on any atom is 0.308 e. The number of imidazole rings is 1. The van der Waals surface area contributed by atoms with Crippen molar-refractivity contribution in [3.8, 4) is 11.3 Å². The molecule has 1 aliphatic heterocycles. The maximum absolute atomic E-state index is 11.4. The first-order valence-electron chi connectivity index (χ1n) is 12.4. The zero-order valence-electron chi connectivity index (χ0n) is 21.1. The van der Waals surface area contributed by atoms with Crippen LogP contribution in [-0.2, 0) is 20.8 Å². The predicted molar refractivity (Wildman–Crippen MR) is 145 cm³/mol. The molecule has 0 saturated heterocycles. The summed E-state index contributed by atoms with van der Waals surface area (Å²) in [4.78, 5) is 27.2. The van der Waals surface area contributed by atoms with Gasteiger partial charge in [-0.2, -0.15) is 0 Å². The largest absolute Gasteiger partial charge is 0.466 e. The van der Waals surface area contributed by atoms with Crippen molar-refractivity contribution in [1.82, 2.24) is 14.4 Å². The molecule has 0 aliphatic carbocycles. The average molecular weight is 499 g/mol. The Morgan fingerprint density at radius 1 is 1.16 bits per heavy atom. The van der Waals surface area contributed by atoms with Gasteiger partial charge in [-0.3, -0.25) is 9.79 Å². The van der Waals surface area contributed by atoms with Gasteiger partial charge in [-0.15, -0.1) is 0 Å². The number of carbonyl (C=O) groups is 1. The number of likely N-dealkylation sites (N-methyl/N-ethyl adjacent to an activating group) is 1. The molecule has 2 aromatic carbocycles. The molecule has 0 atom stereocenters. The van der Waals surface area contributed by atoms with Crippen LogP contribution in [0.25, 0.3) is 16.9 Å². The van der Waals surface area contributed by atoms with Crippen LogP contribution in [0.4, 0.5) is 17.2 Å². The molecule has 1 N–H and O–H groups in total. The lowest BCUT2D eigenvalue weighted by Crippen LogP contribution is -2.23. The molecule has 0 saturated carbocycles. The van der Waals surface area contributed by atoms with Crippen LogP contribution in [0.5, 0.6) is 0 Å². The Morgan fingerprint density at radius 3 is 2.86 bits per heavy atom. The van der Waals surface area contributed by atoms with Crippen molar-refractivity contribution < 1.29 is 14.3 Å². The molecule has 190 valence electrons. The monoisotopic (exact) mass is 498 g/mol. The Kier molecular flexibility index (Phi) is 7.41. The third-order valence-electron chi connectivity index (χ3n) is 6.20. The number of rotatable bonds is 11. The van der Waals surface area contributed by atoms with Crippen molar-refractivity contribution in [1.29, 1.82) is 0 Å². The first-order chi connectivity index (χ1) is 18.1. The normalized spacial score (nSPS) is 12.1. The van der Waals surface area contributed by atoms with Gasteiger partial charge in [0.05, 0.1) is 38.5 Å². The SMILES string of the molecule is CCOC(=O)CCOCCN(C)c1ccc(Nc2nc(-c3ccc4c(c3)CN=C4)cn3ccnc23)cc1. The molecule has 0 radical (unpaired) electrons. The van der Waals surface area contributed by atoms with E-state index in [2.05, 4.69) is 38.4 Å². The lowest BCUT2D eigenvalue weighted by atomic mass is 10.0. The molecule has 0 spiro atoms. The molecule has 0 bridgehead atoms. The van der Waals surface area contributed by atoms with E-state index in [1.165, 1.54) is 11.1 Å². The molecule has 9 nitrogen and oxygen atoms in total. The van der Waals surface area contributed by atoms with Gasteiger partial charge in [-0.1, -0.05) is 12.1 Å². The third kappa shape index (κ3) is 5.78. The molecule has 9 heteroatoms. The Balaban J connectivity index is 1.23. The minimum atomic E-state index is -0.228. The summed E-state index contributed by atoms with van der Waals surface area (Å²) in [6, 6.07) is 14.5. The van der Waals surface area contributed by atoms with Gasteiger partial charge >= 0.3 is 5.97 Å². The highest BCUT2D eigenvalue weighted by atomic mass is 16.5. The van der Waals surface area contributed by atoms with Crippen LogP contribution in [0.2, 0.25) is 0 Å². The number of anilines is 3. The van der Waals surface area contributed by atoms with Gasteiger partial charge < -0.3 is 24.1 Å². The lowest BCUT2D eigenvalue weighted by molar-refractivity contribution is -0.144. The molecule has 0 unspecified atom stereocenters. The standard InChI is InChI=1S/C28H30N6O3/c1-3-37-26(35)10-14-36-15-13-33(2)24-8-6-23(7-9-24)31-27-28-30-11-12-34(28)19-25(32-27)20-4-5-21-17-29-18-22(21)16-20/h4-9,11-12,16-17,19H,3,10,13-15,18H2,1-2H3,(H,31,32). The average Bonchev–Trinajstić information content (AvgIpc) is 3.58. The van der Waals surface area contributed by atoms with E-state index in [-0.39, 0.29) is 12.4 Å². The fourth-order valence-electron chi connectivity index (χ4n) is 4.18. The lowest BCUT2D eigenvalue weighted by Gasteiger charge is -2.19. The second-order valence-electron chi connectivity index (χ2n) is 8.78. The molecular formula is C28H30N6O3. The maximum atomic E-state index is 11.4. The van der Waals surface area contributed by atoms with Gasteiger partial charge in [0.1, 0.15) is 0 Å². The van der Waals surface area contributed by atoms with Gasteiger partial charge in [0, 0.05) is 55.3 Å². The number of benzene rings is 2. The molecule has 3 heterocycles. The fourth-order valence-corrected chi connectivity index (χ4v) is 4.18. The van der Waals surface area contributed by atoms with E-state index in [9.17, 15) is 4.79 Å². The third-order valence-corrected chi connectivity index (χ3v) is 6.20. The number of carbonyl (C=O) groups excluding carboxylic acids is 1. The molecular weight excluding hydrogens is 468 g/mol. The van der Waals surface area contributed by atoms with E-state index < -0.39 is 0 Å². The summed E-state index contributed by atoms with van der Waals surface area (Å²) in [6.45, 7) is 4.50. The summed E-state index contributed by atoms with van der Waals surface area (Å²) in [5.41, 5.74) is 7.02. The zero-order valence-corrected chi connectivity index (χ0v) is 21.1. The highest BCUT2D eigenvalue weighted by Gasteiger charge is 2.13. The van der Waals surface area contributed by atoms with E-state index in [0.717, 1.165) is 28.3 Å². The van der Waals surface area contributed by atoms with E-state index in [1.54, 1.807) is 13.1 Å². The van der Waals surface area contributed by atoms with Gasteiger partial charge in [0.15, 0.2) is 11.5 Å². The number of fused-ring (bicyclic) bond motifs is 2. The first-order valence-corrected chi connectivity index (χ1v) is 12.4. The van der Waals surface area contributed by atoms with Crippen LogP contribution in [0.15, 0.2) is 66.0 Å². The molecule has 0 amide bonds. The molecule has 5 rings (SSSR count). The van der Waals surface area contributed by atoms with Crippen molar-refractivity contribution >= 4 is 35.0 Å². The second-order valence-corrected chi connectivity index (χ2v) is 8.78. The van der Waals surface area contributed by atoms with E-state index in [4.69, 9.17) is 14.5 Å². The van der Waals surface area contributed by atoms with Crippen LogP contribution in [0.1, 0.15) is 24.5 Å². The topological polar surface area (TPSA) is 93.4 Å². The van der Waals surface area contributed by atoms with Crippen LogP contribution < -0.4 is 10.2 Å². The van der Waals surface area contributed by atoms with Gasteiger partial charge in [-0.25, -0.2) is 9.97 Å². The number of aliphatic imine (C=N–C) groups is 1. The second kappa shape index (κ2) is 11.2. The van der Waals surface area contributed by atoms with E-state index >= 15 is 0 Å². The minimum Gasteiger partial charge on any atom is -0.466 e. The quantitative estimate of drug-likeness (QED) is 0.241. The number of esters is 1.